The predicted molar refractivity (Wildman–Crippen MR) is 89.9 cm³/mol. The molecule has 0 aliphatic heterocycles. The highest BCUT2D eigenvalue weighted by atomic mass is 16.6. The molecule has 0 saturated heterocycles. The zero-order valence-corrected chi connectivity index (χ0v) is 12.9. The molecule has 120 valence electrons. The van der Waals surface area contributed by atoms with Crippen LogP contribution in [0.4, 0.5) is 11.4 Å². The standard InChI is InChI=1S/C18H14N2O4/c1-12-6-8-13(9-7-12)19-18(21)17-11-10-16(24-17)14-4-2-3-5-15(14)20(22)23/h2-11H,1H3,(H,19,21). The topological polar surface area (TPSA) is 85.4 Å². The van der Waals surface area contributed by atoms with Crippen molar-refractivity contribution >= 4 is 17.3 Å². The number of hydrogen-bond acceptors (Lipinski definition) is 4. The second-order valence-electron chi connectivity index (χ2n) is 5.26. The maximum atomic E-state index is 12.2. The van der Waals surface area contributed by atoms with E-state index in [0.717, 1.165) is 5.56 Å². The van der Waals surface area contributed by atoms with Crippen molar-refractivity contribution in [2.75, 3.05) is 5.32 Å². The van der Waals surface area contributed by atoms with Crippen LogP contribution in [0.25, 0.3) is 11.3 Å². The highest BCUT2D eigenvalue weighted by Gasteiger charge is 2.19. The molecule has 3 rings (SSSR count). The molecule has 0 spiro atoms. The number of para-hydroxylation sites is 1. The lowest BCUT2D eigenvalue weighted by molar-refractivity contribution is -0.384. The van der Waals surface area contributed by atoms with Crippen LogP contribution in [0.2, 0.25) is 0 Å². The summed E-state index contributed by atoms with van der Waals surface area (Å²) in [5.41, 5.74) is 1.99. The molecule has 1 amide bonds. The Bertz CT molecular complexity index is 897. The normalized spacial score (nSPS) is 10.4. The second-order valence-corrected chi connectivity index (χ2v) is 5.26. The third-order valence-electron chi connectivity index (χ3n) is 3.51. The smallest absolute Gasteiger partial charge is 0.291 e. The van der Waals surface area contributed by atoms with E-state index in [9.17, 15) is 14.9 Å². The first-order valence-corrected chi connectivity index (χ1v) is 7.26. The van der Waals surface area contributed by atoms with Crippen molar-refractivity contribution in [1.29, 1.82) is 0 Å². The van der Waals surface area contributed by atoms with Gasteiger partial charge < -0.3 is 9.73 Å². The molecule has 1 heterocycles. The number of carbonyl (C=O) groups is 1. The molecule has 0 aliphatic rings. The molecular weight excluding hydrogens is 308 g/mol. The molecule has 0 bridgehead atoms. The Kier molecular flexibility index (Phi) is 4.11. The number of benzene rings is 2. The maximum Gasteiger partial charge on any atom is 0.291 e. The Morgan fingerprint density at radius 3 is 2.46 bits per heavy atom. The number of aryl methyl sites for hydroxylation is 1. The van der Waals surface area contributed by atoms with Gasteiger partial charge in [-0.25, -0.2) is 0 Å². The maximum absolute atomic E-state index is 12.2. The van der Waals surface area contributed by atoms with Crippen molar-refractivity contribution in [1.82, 2.24) is 0 Å². The number of carbonyl (C=O) groups excluding carboxylic acids is 1. The first-order chi connectivity index (χ1) is 11.5. The van der Waals surface area contributed by atoms with Crippen LogP contribution in [-0.4, -0.2) is 10.8 Å². The molecule has 3 aromatic rings. The van der Waals surface area contributed by atoms with Crippen LogP contribution in [0.3, 0.4) is 0 Å². The summed E-state index contributed by atoms with van der Waals surface area (Å²) in [4.78, 5) is 22.8. The quantitative estimate of drug-likeness (QED) is 0.569. The lowest BCUT2D eigenvalue weighted by Crippen LogP contribution is -2.10. The van der Waals surface area contributed by atoms with Crippen molar-refractivity contribution in [3.63, 3.8) is 0 Å². The number of amides is 1. The Morgan fingerprint density at radius 1 is 1.04 bits per heavy atom. The van der Waals surface area contributed by atoms with E-state index in [1.807, 2.05) is 19.1 Å². The summed E-state index contributed by atoms with van der Waals surface area (Å²) in [6.45, 7) is 1.96. The zero-order valence-electron chi connectivity index (χ0n) is 12.9. The van der Waals surface area contributed by atoms with E-state index in [4.69, 9.17) is 4.42 Å². The van der Waals surface area contributed by atoms with E-state index in [-0.39, 0.29) is 17.2 Å². The van der Waals surface area contributed by atoms with Gasteiger partial charge in [0.1, 0.15) is 5.76 Å². The van der Waals surface area contributed by atoms with Gasteiger partial charge in [0.15, 0.2) is 5.76 Å². The molecule has 2 aromatic carbocycles. The van der Waals surface area contributed by atoms with E-state index in [1.54, 1.807) is 36.4 Å². The molecular formula is C18H14N2O4. The molecule has 0 aliphatic carbocycles. The van der Waals surface area contributed by atoms with Crippen molar-refractivity contribution in [3.8, 4) is 11.3 Å². The van der Waals surface area contributed by atoms with Crippen LogP contribution < -0.4 is 5.32 Å². The van der Waals surface area contributed by atoms with Crippen LogP contribution in [0, 0.1) is 17.0 Å². The first-order valence-electron chi connectivity index (χ1n) is 7.26. The van der Waals surface area contributed by atoms with Gasteiger partial charge in [-0.15, -0.1) is 0 Å². The van der Waals surface area contributed by atoms with E-state index < -0.39 is 10.8 Å². The molecule has 0 radical (unpaired) electrons. The SMILES string of the molecule is Cc1ccc(NC(=O)c2ccc(-c3ccccc3[N+](=O)[O-])o2)cc1. The molecule has 0 atom stereocenters. The van der Waals surface area contributed by atoms with E-state index in [0.29, 0.717) is 11.3 Å². The van der Waals surface area contributed by atoms with Crippen molar-refractivity contribution < 1.29 is 14.1 Å². The van der Waals surface area contributed by atoms with Crippen molar-refractivity contribution in [2.24, 2.45) is 0 Å². The zero-order chi connectivity index (χ0) is 17.1. The molecule has 6 heteroatoms. The number of anilines is 1. The number of nitro groups is 1. The highest BCUT2D eigenvalue weighted by Crippen LogP contribution is 2.31. The van der Waals surface area contributed by atoms with Gasteiger partial charge in [0.05, 0.1) is 10.5 Å². The van der Waals surface area contributed by atoms with Crippen molar-refractivity contribution in [2.45, 2.75) is 6.92 Å². The van der Waals surface area contributed by atoms with E-state index in [2.05, 4.69) is 5.32 Å². The highest BCUT2D eigenvalue weighted by molar-refractivity contribution is 6.02. The van der Waals surface area contributed by atoms with Crippen LogP contribution in [0.15, 0.2) is 65.1 Å². The minimum atomic E-state index is -0.482. The monoisotopic (exact) mass is 322 g/mol. The van der Waals surface area contributed by atoms with Gasteiger partial charge in [0.25, 0.3) is 11.6 Å². The van der Waals surface area contributed by atoms with Gasteiger partial charge >= 0.3 is 0 Å². The second kappa shape index (κ2) is 6.37. The summed E-state index contributed by atoms with van der Waals surface area (Å²) in [5.74, 6) is -0.0521. The van der Waals surface area contributed by atoms with Crippen LogP contribution in [0.5, 0.6) is 0 Å². The van der Waals surface area contributed by atoms with Crippen molar-refractivity contribution in [3.05, 3.63) is 82.1 Å². The van der Waals surface area contributed by atoms with Gasteiger partial charge in [-0.2, -0.15) is 0 Å². The van der Waals surface area contributed by atoms with E-state index in [1.165, 1.54) is 12.1 Å². The van der Waals surface area contributed by atoms with Gasteiger partial charge in [-0.1, -0.05) is 29.8 Å². The first kappa shape index (κ1) is 15.5. The molecule has 1 N–H and O–H groups in total. The summed E-state index contributed by atoms with van der Waals surface area (Å²) in [6, 6.07) is 16.6. The van der Waals surface area contributed by atoms with Gasteiger partial charge in [-0.05, 0) is 37.3 Å². The molecule has 0 saturated carbocycles. The summed E-state index contributed by atoms with van der Waals surface area (Å²) in [5, 5.41) is 13.8. The molecule has 1 aromatic heterocycles. The fourth-order valence-electron chi connectivity index (χ4n) is 2.28. The Balaban J connectivity index is 1.84. The number of nitrogens with one attached hydrogen (secondary N) is 1. The fourth-order valence-corrected chi connectivity index (χ4v) is 2.28. The Morgan fingerprint density at radius 2 is 1.75 bits per heavy atom. The van der Waals surface area contributed by atoms with Gasteiger partial charge in [-0.3, -0.25) is 14.9 Å². The van der Waals surface area contributed by atoms with Crippen LogP contribution in [-0.2, 0) is 0 Å². The lowest BCUT2D eigenvalue weighted by Gasteiger charge is -2.03. The van der Waals surface area contributed by atoms with Crippen LogP contribution >= 0.6 is 0 Å². The average Bonchev–Trinajstić information content (AvgIpc) is 3.07. The lowest BCUT2D eigenvalue weighted by atomic mass is 10.1. The molecule has 0 fully saturated rings. The van der Waals surface area contributed by atoms with Crippen LogP contribution in [0.1, 0.15) is 16.1 Å². The molecule has 0 unspecified atom stereocenters. The van der Waals surface area contributed by atoms with Gasteiger partial charge in [0, 0.05) is 11.8 Å². The summed E-state index contributed by atoms with van der Waals surface area (Å²) in [6.07, 6.45) is 0. The predicted octanol–water partition coefficient (Wildman–Crippen LogP) is 4.42. The molecule has 24 heavy (non-hydrogen) atoms. The Hall–Kier alpha value is -3.41. The third-order valence-corrected chi connectivity index (χ3v) is 3.51. The number of rotatable bonds is 4. The minimum absolute atomic E-state index is 0.0719. The summed E-state index contributed by atoms with van der Waals surface area (Å²) >= 11 is 0. The summed E-state index contributed by atoms with van der Waals surface area (Å²) < 4.78 is 5.50. The Labute approximate surface area is 137 Å². The number of nitro benzene ring substituents is 1. The fraction of sp³-hybridized carbons (Fsp3) is 0.0556. The van der Waals surface area contributed by atoms with Gasteiger partial charge in [0.2, 0.25) is 0 Å². The third kappa shape index (κ3) is 3.17. The minimum Gasteiger partial charge on any atom is -0.451 e. The average molecular weight is 322 g/mol. The number of nitrogens with zero attached hydrogens (tertiary/aromatic N) is 1. The number of furan rings is 1. The van der Waals surface area contributed by atoms with E-state index >= 15 is 0 Å². The number of hydrogen-bond donors (Lipinski definition) is 1. The summed E-state index contributed by atoms with van der Waals surface area (Å²) in [7, 11) is 0. The largest absolute Gasteiger partial charge is 0.451 e. The molecule has 6 nitrogen and oxygen atoms in total.